The number of rotatable bonds is 19. The van der Waals surface area contributed by atoms with Crippen LogP contribution in [0.5, 0.6) is 11.5 Å². The number of aliphatic hydroxyl groups excluding tert-OH is 2. The molecule has 4 aromatic rings. The first-order valence-corrected chi connectivity index (χ1v) is 22.9. The number of unbranched alkanes of at least 4 members (excludes halogenated alkanes) is 2. The standard InChI is InChI=1S/C53H63FN2O7/c1-5-29-61-53-48(56(51(59)36-23-24-36)33-38-19-14-18-35-15-6-8-20-41(35)38)32-46(55-63-52(2,3)4)43-30-37(16-10-12-27-57)42(21-11-13-28-58)49(50(43)53)44-31-40(25-26-47(44)62-53)60-34-39-17-7-9-22-45(39)54/h5-9,14-15,17-20,22,25-26,30-31,36-37,42,48-50,57-58H,1,10-13,16,21,23-24,27-29,32-34H2,2-4H3/t37-,42+,48-,49+,50+,53+/m0/s1. The number of ether oxygens (including phenoxy) is 3. The van der Waals surface area contributed by atoms with Gasteiger partial charge in [-0.15, -0.1) is 6.58 Å². The lowest BCUT2D eigenvalue weighted by Gasteiger charge is -2.60. The molecule has 6 atom stereocenters. The highest BCUT2D eigenvalue weighted by Gasteiger charge is 2.66. The van der Waals surface area contributed by atoms with Crippen molar-refractivity contribution in [1.82, 2.24) is 4.90 Å². The number of fused-ring (bicyclic) bond motifs is 3. The van der Waals surface area contributed by atoms with Gasteiger partial charge in [0.15, 0.2) is 0 Å². The van der Waals surface area contributed by atoms with Crippen LogP contribution in [0.1, 0.15) is 101 Å². The molecule has 0 radical (unpaired) electrons. The smallest absolute Gasteiger partial charge is 0.239 e. The summed E-state index contributed by atoms with van der Waals surface area (Å²) >= 11 is 0. The van der Waals surface area contributed by atoms with Gasteiger partial charge in [-0.1, -0.05) is 90.8 Å². The number of hydrogen-bond acceptors (Lipinski definition) is 8. The van der Waals surface area contributed by atoms with Gasteiger partial charge in [0.1, 0.15) is 35.6 Å². The topological polar surface area (TPSA) is 110 Å². The van der Waals surface area contributed by atoms with E-state index < -0.39 is 23.3 Å². The molecule has 10 heteroatoms. The molecule has 63 heavy (non-hydrogen) atoms. The first-order valence-electron chi connectivity index (χ1n) is 22.9. The number of allylic oxidation sites excluding steroid dienone is 1. The fourth-order valence-corrected chi connectivity index (χ4v) is 10.2. The zero-order valence-corrected chi connectivity index (χ0v) is 37.0. The number of nitrogens with zero attached hydrogens (tertiary/aromatic N) is 2. The summed E-state index contributed by atoms with van der Waals surface area (Å²) in [4.78, 5) is 23.4. The number of benzene rings is 4. The zero-order chi connectivity index (χ0) is 44.1. The second-order valence-corrected chi connectivity index (χ2v) is 18.7. The Hall–Kier alpha value is -5.03. The average Bonchev–Trinajstić information content (AvgIpc) is 4.14. The van der Waals surface area contributed by atoms with Crippen LogP contribution in [0.15, 0.2) is 114 Å². The molecule has 3 aliphatic carbocycles. The number of carbonyl (C=O) groups excluding carboxylic acids is 1. The van der Waals surface area contributed by atoms with Crippen LogP contribution in [0.25, 0.3) is 10.8 Å². The molecule has 0 bridgehead atoms. The summed E-state index contributed by atoms with van der Waals surface area (Å²) in [5, 5.41) is 27.2. The van der Waals surface area contributed by atoms with E-state index >= 15 is 4.79 Å². The lowest BCUT2D eigenvalue weighted by Crippen LogP contribution is -2.70. The van der Waals surface area contributed by atoms with Gasteiger partial charge in [-0.25, -0.2) is 4.39 Å². The summed E-state index contributed by atoms with van der Waals surface area (Å²) in [6.07, 6.45) is 10.7. The van der Waals surface area contributed by atoms with Crippen molar-refractivity contribution >= 4 is 22.4 Å². The molecule has 0 spiro atoms. The van der Waals surface area contributed by atoms with Gasteiger partial charge in [-0.3, -0.25) is 4.79 Å². The molecule has 0 saturated heterocycles. The number of carbonyl (C=O) groups is 1. The number of halogens is 1. The maximum absolute atomic E-state index is 15.1. The fourth-order valence-electron chi connectivity index (χ4n) is 10.2. The largest absolute Gasteiger partial charge is 0.489 e. The lowest BCUT2D eigenvalue weighted by molar-refractivity contribution is -0.258. The van der Waals surface area contributed by atoms with Crippen LogP contribution in [-0.4, -0.2) is 64.0 Å². The van der Waals surface area contributed by atoms with E-state index in [-0.39, 0.29) is 61.8 Å². The molecule has 1 heterocycles. The molecule has 1 amide bonds. The predicted molar refractivity (Wildman–Crippen MR) is 244 cm³/mol. The summed E-state index contributed by atoms with van der Waals surface area (Å²) in [5.74, 6) is -1.06. The third kappa shape index (κ3) is 9.59. The monoisotopic (exact) mass is 858 g/mol. The third-order valence-electron chi connectivity index (χ3n) is 13.2. The molecular weight excluding hydrogens is 796 g/mol. The molecule has 9 nitrogen and oxygen atoms in total. The summed E-state index contributed by atoms with van der Waals surface area (Å²) in [7, 11) is 0. The molecule has 2 N–H and O–H groups in total. The average molecular weight is 859 g/mol. The van der Waals surface area contributed by atoms with Gasteiger partial charge in [0.25, 0.3) is 0 Å². The van der Waals surface area contributed by atoms with Gasteiger partial charge in [-0.05, 0) is 117 Å². The van der Waals surface area contributed by atoms with Gasteiger partial charge in [0, 0.05) is 49.1 Å². The molecule has 2 fully saturated rings. The molecule has 334 valence electrons. The minimum absolute atomic E-state index is 0.0503. The molecule has 0 aromatic heterocycles. The Bertz CT molecular complexity index is 2310. The highest BCUT2D eigenvalue weighted by atomic mass is 19.1. The quantitative estimate of drug-likeness (QED) is 0.0549. The first-order chi connectivity index (χ1) is 30.5. The summed E-state index contributed by atoms with van der Waals surface area (Å²) in [6.45, 7) is 10.8. The summed E-state index contributed by atoms with van der Waals surface area (Å²) < 4.78 is 35.9. The van der Waals surface area contributed by atoms with Crippen molar-refractivity contribution in [3.8, 4) is 11.5 Å². The van der Waals surface area contributed by atoms with Crippen LogP contribution in [0.4, 0.5) is 4.39 Å². The van der Waals surface area contributed by atoms with E-state index in [0.717, 1.165) is 71.7 Å². The van der Waals surface area contributed by atoms with Gasteiger partial charge >= 0.3 is 0 Å². The van der Waals surface area contributed by atoms with Crippen molar-refractivity contribution < 1.29 is 38.4 Å². The van der Waals surface area contributed by atoms with E-state index in [2.05, 4.69) is 43.0 Å². The Kier molecular flexibility index (Phi) is 13.7. The van der Waals surface area contributed by atoms with E-state index in [9.17, 15) is 14.6 Å². The molecular formula is C53H63FN2O7. The highest BCUT2D eigenvalue weighted by molar-refractivity contribution is 6.03. The van der Waals surface area contributed by atoms with Crippen LogP contribution in [0.2, 0.25) is 0 Å². The van der Waals surface area contributed by atoms with E-state index in [1.165, 1.54) is 6.07 Å². The molecule has 1 aliphatic heterocycles. The van der Waals surface area contributed by atoms with Gasteiger partial charge in [0.2, 0.25) is 11.7 Å². The number of oxime groups is 1. The van der Waals surface area contributed by atoms with E-state index in [1.54, 1.807) is 24.3 Å². The molecule has 8 rings (SSSR count). The predicted octanol–water partition coefficient (Wildman–Crippen LogP) is 10.4. The third-order valence-corrected chi connectivity index (χ3v) is 13.2. The molecule has 2 saturated carbocycles. The van der Waals surface area contributed by atoms with E-state index in [1.807, 2.05) is 56.0 Å². The second-order valence-electron chi connectivity index (χ2n) is 18.7. The van der Waals surface area contributed by atoms with Crippen LogP contribution >= 0.6 is 0 Å². The lowest BCUT2D eigenvalue weighted by atomic mass is 9.55. The van der Waals surface area contributed by atoms with Crippen molar-refractivity contribution in [2.75, 3.05) is 19.8 Å². The van der Waals surface area contributed by atoms with Crippen molar-refractivity contribution in [3.05, 3.63) is 132 Å². The SMILES string of the molecule is C=CCO[C@@]12Oc3ccc(OCc4ccccc4F)cc3[C@H]3[C@H](CCCCO)[C@@H](CCCCO)C=C(C(=NOC(C)(C)C)C[C@@H]1N(Cc1cccc4ccccc14)C(=O)C1CC1)[C@H]32. The minimum Gasteiger partial charge on any atom is -0.489 e. The normalized spacial score (nSPS) is 24.5. The maximum Gasteiger partial charge on any atom is 0.239 e. The minimum atomic E-state index is -1.38. The molecule has 0 unspecified atom stereocenters. The Labute approximate surface area is 371 Å². The number of hydrogen-bond donors (Lipinski definition) is 2. The first kappa shape index (κ1) is 44.6. The van der Waals surface area contributed by atoms with Gasteiger partial charge < -0.3 is 34.2 Å². The van der Waals surface area contributed by atoms with E-state index in [0.29, 0.717) is 42.9 Å². The number of aliphatic hydroxyl groups is 2. The van der Waals surface area contributed by atoms with Crippen LogP contribution < -0.4 is 9.47 Å². The zero-order valence-electron chi connectivity index (χ0n) is 37.0. The summed E-state index contributed by atoms with van der Waals surface area (Å²) in [5.41, 5.74) is 3.58. The Morgan fingerprint density at radius 1 is 0.952 bits per heavy atom. The van der Waals surface area contributed by atoms with Crippen molar-refractivity contribution in [2.45, 2.75) is 115 Å². The summed E-state index contributed by atoms with van der Waals surface area (Å²) in [6, 6.07) is 26.4. The molecule has 4 aromatic carbocycles. The van der Waals surface area contributed by atoms with Crippen LogP contribution in [-0.2, 0) is 27.5 Å². The Morgan fingerprint density at radius 3 is 2.43 bits per heavy atom. The van der Waals surface area contributed by atoms with Crippen molar-refractivity contribution in [3.63, 3.8) is 0 Å². The van der Waals surface area contributed by atoms with Crippen molar-refractivity contribution in [2.24, 2.45) is 28.8 Å². The molecule has 4 aliphatic rings. The van der Waals surface area contributed by atoms with Gasteiger partial charge in [0.05, 0.1) is 18.2 Å². The van der Waals surface area contributed by atoms with Gasteiger partial charge in [-0.2, -0.15) is 0 Å². The second kappa shape index (κ2) is 19.4. The highest BCUT2D eigenvalue weighted by Crippen LogP contribution is 2.62. The van der Waals surface area contributed by atoms with Crippen LogP contribution in [0.3, 0.4) is 0 Å². The Balaban J connectivity index is 1.34. The number of amides is 1. The van der Waals surface area contributed by atoms with Crippen molar-refractivity contribution in [1.29, 1.82) is 0 Å². The van der Waals surface area contributed by atoms with E-state index in [4.69, 9.17) is 24.2 Å². The fraction of sp³-hybridized carbons (Fsp3) is 0.472. The van der Waals surface area contributed by atoms with Crippen LogP contribution in [0, 0.1) is 29.5 Å². The Morgan fingerprint density at radius 2 is 1.68 bits per heavy atom. The maximum atomic E-state index is 15.1.